The molecule has 3 aromatic heterocycles. The lowest BCUT2D eigenvalue weighted by Crippen LogP contribution is -2.29. The predicted molar refractivity (Wildman–Crippen MR) is 140 cm³/mol. The molecule has 1 aromatic carbocycles. The van der Waals surface area contributed by atoms with Gasteiger partial charge in [0.25, 0.3) is 0 Å². The Kier molecular flexibility index (Phi) is 6.43. The van der Waals surface area contributed by atoms with Gasteiger partial charge in [-0.25, -0.2) is 15.0 Å². The molecule has 0 saturated heterocycles. The van der Waals surface area contributed by atoms with Crippen molar-refractivity contribution >= 4 is 16.9 Å². The molecule has 1 saturated carbocycles. The Morgan fingerprint density at radius 3 is 2.71 bits per heavy atom. The Morgan fingerprint density at radius 2 is 1.87 bits per heavy atom. The molecule has 1 fully saturated rings. The number of aryl methyl sites for hydroxylation is 1. The lowest BCUT2D eigenvalue weighted by molar-refractivity contribution is -0.137. The Hall–Kier alpha value is -3.66. The van der Waals surface area contributed by atoms with E-state index in [0.29, 0.717) is 22.9 Å². The van der Waals surface area contributed by atoms with Crippen LogP contribution in [0.1, 0.15) is 43.2 Å². The van der Waals surface area contributed by atoms with Gasteiger partial charge < -0.3 is 20.4 Å². The molecule has 0 radical (unpaired) electrons. The van der Waals surface area contributed by atoms with Gasteiger partial charge in [0.15, 0.2) is 0 Å². The van der Waals surface area contributed by atoms with Crippen molar-refractivity contribution in [2.24, 2.45) is 0 Å². The smallest absolute Gasteiger partial charge is 0.419 e. The number of hydrogen-bond acceptors (Lipinski definition) is 6. The van der Waals surface area contributed by atoms with Crippen molar-refractivity contribution in [2.45, 2.75) is 56.8 Å². The van der Waals surface area contributed by atoms with Crippen LogP contribution < -0.4 is 15.4 Å². The first-order valence-corrected chi connectivity index (χ1v) is 13.0. The fraction of sp³-hybridized carbons (Fsp3) is 0.393. The van der Waals surface area contributed by atoms with Crippen molar-refractivity contribution < 1.29 is 17.9 Å². The van der Waals surface area contributed by atoms with E-state index >= 15 is 0 Å². The van der Waals surface area contributed by atoms with E-state index < -0.39 is 11.7 Å². The Bertz CT molecular complexity index is 1470. The van der Waals surface area contributed by atoms with E-state index in [-0.39, 0.29) is 17.7 Å². The summed E-state index contributed by atoms with van der Waals surface area (Å²) in [6.45, 7) is 0.910. The molecule has 3 N–H and O–H groups in total. The number of H-pyrrole nitrogens is 1. The summed E-state index contributed by atoms with van der Waals surface area (Å²) in [5, 5.41) is 7.59. The number of aromatic nitrogens is 4. The summed E-state index contributed by atoms with van der Waals surface area (Å²) in [5.74, 6) is 0.781. The Balaban J connectivity index is 1.48. The molecule has 0 unspecified atom stereocenters. The monoisotopic (exact) mass is 522 g/mol. The maximum atomic E-state index is 14.0. The van der Waals surface area contributed by atoms with Gasteiger partial charge in [0.2, 0.25) is 11.8 Å². The van der Waals surface area contributed by atoms with Gasteiger partial charge in [-0.05, 0) is 62.3 Å². The van der Waals surface area contributed by atoms with Crippen LogP contribution in [0.5, 0.6) is 5.88 Å². The molecule has 1 aliphatic carbocycles. The maximum Gasteiger partial charge on any atom is 0.419 e. The third-order valence-corrected chi connectivity index (χ3v) is 7.59. The second-order valence-corrected chi connectivity index (χ2v) is 10.1. The SMILES string of the molecule is COc1cc2c(cn1)-c1ccc3c(c[nH]c3c1)-c1nc(ncc1C(F)(F)F)N[C@H]1CC[C@@H](C1)NCCCC2. The zero-order valence-electron chi connectivity index (χ0n) is 21.0. The minimum absolute atomic E-state index is 0.108. The summed E-state index contributed by atoms with van der Waals surface area (Å²) in [6, 6.07) is 8.17. The third-order valence-electron chi connectivity index (χ3n) is 7.59. The van der Waals surface area contributed by atoms with Crippen LogP contribution in [0.25, 0.3) is 33.3 Å². The number of anilines is 1. The van der Waals surface area contributed by atoms with Gasteiger partial charge in [-0.3, -0.25) is 0 Å². The number of nitrogens with zero attached hydrogens (tertiary/aromatic N) is 3. The number of benzene rings is 1. The standard InChI is InChI=1S/C28H29F3N6O/c1-38-25-11-16-4-2-3-9-32-18-6-7-19(12-18)36-27-35-15-23(28(29,30)31)26(37-27)22-14-33-24-10-17(5-8-20(22)24)21(16)13-34-25/h5,8,10-11,13-15,18-19,32-33H,2-4,6-7,9,12H2,1H3,(H,35,36,37)/t18-,19-/m0/s1. The van der Waals surface area contributed by atoms with Crippen LogP contribution in [-0.2, 0) is 12.6 Å². The first kappa shape index (κ1) is 24.7. The molecule has 38 heavy (non-hydrogen) atoms. The zero-order chi connectivity index (χ0) is 26.3. The number of pyridine rings is 1. The highest BCUT2D eigenvalue weighted by molar-refractivity contribution is 5.97. The summed E-state index contributed by atoms with van der Waals surface area (Å²) >= 11 is 0. The molecule has 0 spiro atoms. The van der Waals surface area contributed by atoms with Gasteiger partial charge in [-0.2, -0.15) is 13.2 Å². The molecule has 4 aromatic rings. The van der Waals surface area contributed by atoms with Crippen molar-refractivity contribution in [3.05, 3.63) is 54.0 Å². The van der Waals surface area contributed by atoms with Crippen molar-refractivity contribution in [1.29, 1.82) is 0 Å². The van der Waals surface area contributed by atoms with Gasteiger partial charge in [0.05, 0.1) is 12.8 Å². The minimum atomic E-state index is -4.58. The van der Waals surface area contributed by atoms with Crippen LogP contribution in [0.2, 0.25) is 0 Å². The normalized spacial score (nSPS) is 20.0. The molecule has 2 aliphatic heterocycles. The third kappa shape index (κ3) is 4.80. The topological polar surface area (TPSA) is 87.8 Å². The molecular weight excluding hydrogens is 493 g/mol. The number of nitrogens with one attached hydrogen (secondary N) is 3. The molecule has 7 rings (SSSR count). The van der Waals surface area contributed by atoms with Crippen molar-refractivity contribution in [2.75, 3.05) is 19.0 Å². The number of alkyl halides is 3. The molecule has 5 heterocycles. The highest BCUT2D eigenvalue weighted by atomic mass is 19.4. The Morgan fingerprint density at radius 1 is 1.00 bits per heavy atom. The number of ether oxygens (including phenoxy) is 1. The lowest BCUT2D eigenvalue weighted by atomic mass is 9.96. The second-order valence-electron chi connectivity index (χ2n) is 10.1. The molecule has 8 bridgehead atoms. The van der Waals surface area contributed by atoms with Crippen LogP contribution in [0.4, 0.5) is 19.1 Å². The maximum absolute atomic E-state index is 14.0. The number of aromatic amines is 1. The molecule has 3 aliphatic rings. The van der Waals surface area contributed by atoms with E-state index in [4.69, 9.17) is 4.74 Å². The van der Waals surface area contributed by atoms with E-state index in [0.717, 1.165) is 73.5 Å². The van der Waals surface area contributed by atoms with Crippen LogP contribution in [-0.4, -0.2) is 45.7 Å². The number of hydrogen-bond donors (Lipinski definition) is 3. The average molecular weight is 523 g/mol. The second kappa shape index (κ2) is 9.90. The zero-order valence-corrected chi connectivity index (χ0v) is 21.0. The lowest BCUT2D eigenvalue weighted by Gasteiger charge is -2.17. The van der Waals surface area contributed by atoms with E-state index in [9.17, 15) is 13.2 Å². The van der Waals surface area contributed by atoms with Crippen LogP contribution in [0, 0.1) is 0 Å². The Labute approximate surface area is 218 Å². The molecule has 10 heteroatoms. The number of halogens is 3. The van der Waals surface area contributed by atoms with Crippen LogP contribution in [0.3, 0.4) is 0 Å². The van der Waals surface area contributed by atoms with Gasteiger partial charge in [0.1, 0.15) is 5.56 Å². The average Bonchev–Trinajstić information content (AvgIpc) is 3.53. The molecule has 198 valence electrons. The highest BCUT2D eigenvalue weighted by Crippen LogP contribution is 2.40. The first-order chi connectivity index (χ1) is 18.4. The summed E-state index contributed by atoms with van der Waals surface area (Å²) in [7, 11) is 1.60. The molecule has 2 atom stereocenters. The number of rotatable bonds is 1. The highest BCUT2D eigenvalue weighted by Gasteiger charge is 2.36. The van der Waals surface area contributed by atoms with Crippen LogP contribution >= 0.6 is 0 Å². The summed E-state index contributed by atoms with van der Waals surface area (Å²) in [4.78, 5) is 16.0. The number of methoxy groups -OCH3 is 1. The van der Waals surface area contributed by atoms with Crippen molar-refractivity contribution in [3.63, 3.8) is 0 Å². The molecule has 0 amide bonds. The van der Waals surface area contributed by atoms with Crippen LogP contribution in [0.15, 0.2) is 42.9 Å². The summed E-state index contributed by atoms with van der Waals surface area (Å²) in [5.41, 5.74) is 3.18. The van der Waals surface area contributed by atoms with E-state index in [2.05, 4.69) is 30.6 Å². The molecule has 7 nitrogen and oxygen atoms in total. The largest absolute Gasteiger partial charge is 0.481 e. The summed E-state index contributed by atoms with van der Waals surface area (Å²) in [6.07, 6.45) is 5.41. The first-order valence-electron chi connectivity index (χ1n) is 13.0. The van der Waals surface area contributed by atoms with Crippen molar-refractivity contribution in [3.8, 4) is 28.3 Å². The fourth-order valence-corrected chi connectivity index (χ4v) is 5.63. The minimum Gasteiger partial charge on any atom is -0.481 e. The van der Waals surface area contributed by atoms with Gasteiger partial charge in [0, 0.05) is 58.8 Å². The van der Waals surface area contributed by atoms with Gasteiger partial charge in [-0.1, -0.05) is 12.1 Å². The van der Waals surface area contributed by atoms with Crippen molar-refractivity contribution in [1.82, 2.24) is 25.3 Å². The van der Waals surface area contributed by atoms with Gasteiger partial charge >= 0.3 is 6.18 Å². The quantitative estimate of drug-likeness (QED) is 0.285. The number of fused-ring (bicyclic) bond motifs is 5. The van der Waals surface area contributed by atoms with E-state index in [1.54, 1.807) is 13.3 Å². The van der Waals surface area contributed by atoms with E-state index in [1.807, 2.05) is 30.5 Å². The summed E-state index contributed by atoms with van der Waals surface area (Å²) < 4.78 is 47.4. The van der Waals surface area contributed by atoms with E-state index in [1.165, 1.54) is 0 Å². The van der Waals surface area contributed by atoms with Gasteiger partial charge in [-0.15, -0.1) is 0 Å². The predicted octanol–water partition coefficient (Wildman–Crippen LogP) is 5.97. The molecular formula is C28H29F3N6O. The fourth-order valence-electron chi connectivity index (χ4n) is 5.63.